The highest BCUT2D eigenvalue weighted by molar-refractivity contribution is 7.17. The minimum Gasteiger partial charge on any atom is -0.369 e. The molecule has 3 N–H and O–H groups in total. The fourth-order valence-corrected chi connectivity index (χ4v) is 3.27. The third kappa shape index (κ3) is 4.07. The number of aryl methyl sites for hydroxylation is 1. The van der Waals surface area contributed by atoms with Gasteiger partial charge in [-0.1, -0.05) is 12.1 Å². The fraction of sp³-hybridized carbons (Fsp3) is 0.111. The topological polar surface area (TPSA) is 98.0 Å². The van der Waals surface area contributed by atoms with Crippen molar-refractivity contribution in [3.05, 3.63) is 64.9 Å². The minimum atomic E-state index is -0.389. The number of hydrogen-bond donors (Lipinski definition) is 2. The number of nitrogens with two attached hydrogens (primary N) is 1. The normalized spacial score (nSPS) is 10.4. The number of carbonyl (C=O) groups is 2. The van der Waals surface area contributed by atoms with Crippen molar-refractivity contribution >= 4 is 28.8 Å². The van der Waals surface area contributed by atoms with E-state index in [0.717, 1.165) is 16.1 Å². The molecule has 3 rings (SSSR count). The Kier molecular flexibility index (Phi) is 4.85. The van der Waals surface area contributed by atoms with E-state index >= 15 is 0 Å². The van der Waals surface area contributed by atoms with Gasteiger partial charge in [-0.15, -0.1) is 11.3 Å². The molecule has 3 aromatic rings. The Hall–Kier alpha value is -3.06. The highest BCUT2D eigenvalue weighted by Crippen LogP contribution is 2.28. The summed E-state index contributed by atoms with van der Waals surface area (Å²) in [5.41, 5.74) is 8.17. The van der Waals surface area contributed by atoms with Gasteiger partial charge in [0, 0.05) is 23.6 Å². The summed E-state index contributed by atoms with van der Waals surface area (Å²) in [6.45, 7) is 1.81. The number of nitrogens with one attached hydrogen (secondary N) is 1. The van der Waals surface area contributed by atoms with Crippen molar-refractivity contribution in [3.8, 4) is 10.6 Å². The molecule has 0 atom stereocenters. The summed E-state index contributed by atoms with van der Waals surface area (Å²) in [6, 6.07) is 10.8. The summed E-state index contributed by atoms with van der Waals surface area (Å²) in [7, 11) is 0. The molecular formula is C18H16N4O2S. The van der Waals surface area contributed by atoms with E-state index in [9.17, 15) is 9.59 Å². The van der Waals surface area contributed by atoms with E-state index in [2.05, 4.69) is 15.3 Å². The van der Waals surface area contributed by atoms with Crippen LogP contribution in [0.2, 0.25) is 0 Å². The molecule has 0 aliphatic carbocycles. The largest absolute Gasteiger partial charge is 0.369 e. The van der Waals surface area contributed by atoms with E-state index in [1.54, 1.807) is 43.6 Å². The molecule has 126 valence electrons. The molecule has 0 aliphatic heterocycles. The van der Waals surface area contributed by atoms with Gasteiger partial charge >= 0.3 is 0 Å². The fourth-order valence-electron chi connectivity index (χ4n) is 2.31. The van der Waals surface area contributed by atoms with Crippen LogP contribution in [0.15, 0.2) is 48.8 Å². The van der Waals surface area contributed by atoms with Gasteiger partial charge in [0.1, 0.15) is 9.88 Å². The Morgan fingerprint density at radius 1 is 1.20 bits per heavy atom. The van der Waals surface area contributed by atoms with E-state index in [1.165, 1.54) is 11.3 Å². The van der Waals surface area contributed by atoms with E-state index in [4.69, 9.17) is 5.73 Å². The maximum absolute atomic E-state index is 12.5. The van der Waals surface area contributed by atoms with E-state index in [-0.39, 0.29) is 18.2 Å². The zero-order chi connectivity index (χ0) is 17.8. The summed E-state index contributed by atoms with van der Waals surface area (Å²) in [5.74, 6) is -0.604. The second kappa shape index (κ2) is 7.23. The second-order valence-electron chi connectivity index (χ2n) is 5.47. The lowest BCUT2D eigenvalue weighted by molar-refractivity contribution is -0.117. The molecule has 25 heavy (non-hydrogen) atoms. The van der Waals surface area contributed by atoms with Crippen LogP contribution >= 0.6 is 11.3 Å². The Morgan fingerprint density at radius 3 is 2.60 bits per heavy atom. The highest BCUT2D eigenvalue weighted by atomic mass is 32.1. The van der Waals surface area contributed by atoms with Gasteiger partial charge < -0.3 is 11.1 Å². The molecule has 0 aliphatic rings. The maximum atomic E-state index is 12.5. The molecular weight excluding hydrogens is 336 g/mol. The Morgan fingerprint density at radius 2 is 1.96 bits per heavy atom. The van der Waals surface area contributed by atoms with Gasteiger partial charge in [-0.2, -0.15) is 0 Å². The molecule has 0 fully saturated rings. The van der Waals surface area contributed by atoms with Crippen LogP contribution in [0.25, 0.3) is 10.6 Å². The van der Waals surface area contributed by atoms with Crippen LogP contribution in [0.1, 0.15) is 20.9 Å². The highest BCUT2D eigenvalue weighted by Gasteiger charge is 2.16. The van der Waals surface area contributed by atoms with Crippen molar-refractivity contribution in [2.75, 3.05) is 5.32 Å². The summed E-state index contributed by atoms with van der Waals surface area (Å²) in [4.78, 5) is 32.5. The molecule has 6 nitrogen and oxygen atoms in total. The lowest BCUT2D eigenvalue weighted by Crippen LogP contribution is -2.14. The van der Waals surface area contributed by atoms with Crippen molar-refractivity contribution in [2.45, 2.75) is 13.3 Å². The number of hydrogen-bond acceptors (Lipinski definition) is 5. The summed E-state index contributed by atoms with van der Waals surface area (Å²) < 4.78 is 0. The molecule has 0 unspecified atom stereocenters. The van der Waals surface area contributed by atoms with Gasteiger partial charge in [-0.05, 0) is 36.8 Å². The van der Waals surface area contributed by atoms with Crippen LogP contribution in [0.4, 0.5) is 5.69 Å². The van der Waals surface area contributed by atoms with E-state index < -0.39 is 0 Å². The molecule has 0 radical (unpaired) electrons. The second-order valence-corrected chi connectivity index (χ2v) is 6.47. The van der Waals surface area contributed by atoms with E-state index in [1.807, 2.05) is 12.1 Å². The third-order valence-electron chi connectivity index (χ3n) is 3.50. The predicted molar refractivity (Wildman–Crippen MR) is 97.4 cm³/mol. The molecule has 0 saturated carbocycles. The standard InChI is InChI=1S/C18H16N4O2S/c1-11-16(25-18(21-11)13-3-2-8-20-10-13)17(24)22-14-6-4-12(5-7-14)9-15(19)23/h2-8,10H,9H2,1H3,(H2,19,23)(H,22,24). The van der Waals surface area contributed by atoms with Crippen molar-refractivity contribution in [2.24, 2.45) is 5.73 Å². The third-order valence-corrected chi connectivity index (χ3v) is 4.71. The molecule has 0 bridgehead atoms. The first-order valence-electron chi connectivity index (χ1n) is 7.59. The zero-order valence-corrected chi connectivity index (χ0v) is 14.3. The number of aromatic nitrogens is 2. The first-order valence-corrected chi connectivity index (χ1v) is 8.41. The molecule has 0 saturated heterocycles. The van der Waals surface area contributed by atoms with Crippen LogP contribution in [0.5, 0.6) is 0 Å². The van der Waals surface area contributed by atoms with Crippen molar-refractivity contribution in [3.63, 3.8) is 0 Å². The minimum absolute atomic E-state index is 0.177. The first kappa shape index (κ1) is 16.8. The van der Waals surface area contributed by atoms with Gasteiger partial charge in [-0.25, -0.2) is 4.98 Å². The Bertz CT molecular complexity index is 905. The number of thiazole rings is 1. The first-order chi connectivity index (χ1) is 12.0. The number of nitrogens with zero attached hydrogens (tertiary/aromatic N) is 2. The quantitative estimate of drug-likeness (QED) is 0.738. The monoisotopic (exact) mass is 352 g/mol. The van der Waals surface area contributed by atoms with Crippen molar-refractivity contribution in [1.29, 1.82) is 0 Å². The number of primary amides is 1. The van der Waals surface area contributed by atoms with Crippen molar-refractivity contribution < 1.29 is 9.59 Å². The lowest BCUT2D eigenvalue weighted by Gasteiger charge is -2.05. The Balaban J connectivity index is 1.75. The van der Waals surface area contributed by atoms with Crippen LogP contribution < -0.4 is 11.1 Å². The number of amides is 2. The molecule has 7 heteroatoms. The summed E-state index contributed by atoms with van der Waals surface area (Å²) in [6.07, 6.45) is 3.59. The average Bonchev–Trinajstić information content (AvgIpc) is 2.99. The lowest BCUT2D eigenvalue weighted by atomic mass is 10.1. The van der Waals surface area contributed by atoms with Gasteiger partial charge in [0.2, 0.25) is 5.91 Å². The van der Waals surface area contributed by atoms with Gasteiger partial charge in [0.05, 0.1) is 12.1 Å². The smallest absolute Gasteiger partial charge is 0.267 e. The van der Waals surface area contributed by atoms with Crippen LogP contribution in [-0.2, 0) is 11.2 Å². The van der Waals surface area contributed by atoms with Crippen LogP contribution in [-0.4, -0.2) is 21.8 Å². The number of carbonyl (C=O) groups excluding carboxylic acids is 2. The molecule has 2 amide bonds. The molecule has 0 spiro atoms. The predicted octanol–water partition coefficient (Wildman–Crippen LogP) is 2.79. The van der Waals surface area contributed by atoms with Crippen LogP contribution in [0, 0.1) is 6.92 Å². The number of benzene rings is 1. The molecule has 1 aromatic carbocycles. The van der Waals surface area contributed by atoms with Gasteiger partial charge in [-0.3, -0.25) is 14.6 Å². The SMILES string of the molecule is Cc1nc(-c2cccnc2)sc1C(=O)Nc1ccc(CC(N)=O)cc1. The molecule has 2 heterocycles. The van der Waals surface area contributed by atoms with Gasteiger partial charge in [0.25, 0.3) is 5.91 Å². The zero-order valence-electron chi connectivity index (χ0n) is 13.5. The number of pyridine rings is 1. The van der Waals surface area contributed by atoms with Gasteiger partial charge in [0.15, 0.2) is 0 Å². The van der Waals surface area contributed by atoms with Crippen LogP contribution in [0.3, 0.4) is 0 Å². The van der Waals surface area contributed by atoms with Crippen molar-refractivity contribution in [1.82, 2.24) is 9.97 Å². The number of rotatable bonds is 5. The summed E-state index contributed by atoms with van der Waals surface area (Å²) in [5, 5.41) is 3.60. The van der Waals surface area contributed by atoms with E-state index in [0.29, 0.717) is 16.3 Å². The average molecular weight is 352 g/mol. The maximum Gasteiger partial charge on any atom is 0.267 e. The summed E-state index contributed by atoms with van der Waals surface area (Å²) >= 11 is 1.33. The molecule has 2 aromatic heterocycles. The Labute approximate surface area is 148 Å². The number of anilines is 1.